The minimum Gasteiger partial charge on any atom is -0.360 e. The maximum Gasteiger partial charge on any atom is 0.253 e. The molecule has 0 unspecified atom stereocenters. The van der Waals surface area contributed by atoms with Crippen molar-refractivity contribution in [2.24, 2.45) is 0 Å². The summed E-state index contributed by atoms with van der Waals surface area (Å²) in [5.74, 6) is -0.599. The molecule has 2 aromatic rings. The van der Waals surface area contributed by atoms with Gasteiger partial charge in [-0.3, -0.25) is 4.79 Å². The van der Waals surface area contributed by atoms with Gasteiger partial charge in [0.05, 0.1) is 11.6 Å². The van der Waals surface area contributed by atoms with E-state index in [0.29, 0.717) is 22.0 Å². The average molecular weight is 288 g/mol. The molecule has 0 aliphatic heterocycles. The lowest BCUT2D eigenvalue weighted by molar-refractivity contribution is 0.0998. The van der Waals surface area contributed by atoms with E-state index in [-0.39, 0.29) is 0 Å². The first-order valence-electron chi connectivity index (χ1n) is 4.56. The molecule has 0 saturated carbocycles. The van der Waals surface area contributed by atoms with Gasteiger partial charge >= 0.3 is 0 Å². The molecule has 0 aliphatic rings. The van der Waals surface area contributed by atoms with Gasteiger partial charge in [-0.15, -0.1) is 0 Å². The van der Waals surface area contributed by atoms with Gasteiger partial charge < -0.3 is 4.98 Å². The number of Topliss-reactive ketones (excluding diaryl/α,β-unsaturated/α-hetero) is 1. The van der Waals surface area contributed by atoms with Gasteiger partial charge in [-0.05, 0) is 12.1 Å². The fourth-order valence-corrected chi connectivity index (χ4v) is 1.84. The van der Waals surface area contributed by atoms with E-state index in [2.05, 4.69) is 4.98 Å². The predicted octanol–water partition coefficient (Wildman–Crippen LogP) is 3.59. The Morgan fingerprint density at radius 1 is 1.35 bits per heavy atom. The molecule has 0 amide bonds. The van der Waals surface area contributed by atoms with Gasteiger partial charge in [-0.25, -0.2) is 0 Å². The number of nitrogens with one attached hydrogen (secondary N) is 1. The van der Waals surface area contributed by atoms with Crippen molar-refractivity contribution in [3.63, 3.8) is 0 Å². The van der Waals surface area contributed by atoms with Crippen LogP contribution in [0.3, 0.4) is 0 Å². The lowest BCUT2D eigenvalue weighted by Gasteiger charge is -2.07. The molecular formula is C11H5Cl3N2O. The molecule has 1 aromatic heterocycles. The summed E-state index contributed by atoms with van der Waals surface area (Å²) in [5.41, 5.74) is 1.44. The minimum absolute atomic E-state index is 0.296. The van der Waals surface area contributed by atoms with Crippen molar-refractivity contribution in [2.45, 2.75) is 3.79 Å². The number of fused-ring (bicyclic) bond motifs is 1. The highest BCUT2D eigenvalue weighted by Crippen LogP contribution is 2.33. The van der Waals surface area contributed by atoms with Gasteiger partial charge in [0.15, 0.2) is 0 Å². The monoisotopic (exact) mass is 286 g/mol. The van der Waals surface area contributed by atoms with Crippen molar-refractivity contribution in [3.8, 4) is 6.07 Å². The van der Waals surface area contributed by atoms with Crippen LogP contribution >= 0.6 is 34.8 Å². The maximum atomic E-state index is 11.8. The summed E-state index contributed by atoms with van der Waals surface area (Å²) in [7, 11) is 0. The van der Waals surface area contributed by atoms with Gasteiger partial charge in [0, 0.05) is 22.7 Å². The fraction of sp³-hybridized carbons (Fsp3) is 0.0909. The van der Waals surface area contributed by atoms with Crippen molar-refractivity contribution >= 4 is 51.5 Å². The lowest BCUT2D eigenvalue weighted by Crippen LogP contribution is -2.18. The van der Waals surface area contributed by atoms with Gasteiger partial charge in [0.1, 0.15) is 0 Å². The molecule has 0 saturated heterocycles. The Labute approximate surface area is 112 Å². The number of hydrogen-bond acceptors (Lipinski definition) is 2. The highest BCUT2D eigenvalue weighted by Gasteiger charge is 2.33. The smallest absolute Gasteiger partial charge is 0.253 e. The van der Waals surface area contributed by atoms with E-state index in [0.717, 1.165) is 0 Å². The third-order valence-corrected chi connectivity index (χ3v) is 2.83. The summed E-state index contributed by atoms with van der Waals surface area (Å²) in [6.07, 6.45) is 1.47. The zero-order valence-corrected chi connectivity index (χ0v) is 10.6. The number of alkyl halides is 3. The fourth-order valence-electron chi connectivity index (χ4n) is 1.54. The molecule has 0 atom stereocenters. The van der Waals surface area contributed by atoms with Crippen LogP contribution in [0.2, 0.25) is 0 Å². The summed E-state index contributed by atoms with van der Waals surface area (Å²) in [6.45, 7) is 0. The second kappa shape index (κ2) is 4.23. The van der Waals surface area contributed by atoms with Crippen molar-refractivity contribution in [3.05, 3.63) is 35.5 Å². The van der Waals surface area contributed by atoms with Gasteiger partial charge in [0.2, 0.25) is 5.78 Å². The normalized spacial score (nSPS) is 11.4. The van der Waals surface area contributed by atoms with Crippen molar-refractivity contribution < 1.29 is 4.79 Å². The number of hydrogen-bond donors (Lipinski definition) is 1. The number of benzene rings is 1. The Bertz CT molecular complexity index is 634. The van der Waals surface area contributed by atoms with E-state index in [9.17, 15) is 4.79 Å². The van der Waals surface area contributed by atoms with E-state index in [1.165, 1.54) is 6.20 Å². The molecule has 86 valence electrons. The Morgan fingerprint density at radius 2 is 2.06 bits per heavy atom. The maximum absolute atomic E-state index is 11.8. The average Bonchev–Trinajstić information content (AvgIpc) is 2.69. The number of aromatic amines is 1. The second-order valence-corrected chi connectivity index (χ2v) is 5.68. The molecule has 0 aliphatic carbocycles. The molecule has 1 aromatic carbocycles. The molecule has 0 spiro atoms. The molecule has 3 nitrogen and oxygen atoms in total. The Kier molecular flexibility index (Phi) is 3.05. The molecule has 0 bridgehead atoms. The zero-order chi connectivity index (χ0) is 12.6. The Morgan fingerprint density at radius 3 is 2.65 bits per heavy atom. The highest BCUT2D eigenvalue weighted by atomic mass is 35.6. The second-order valence-electron chi connectivity index (χ2n) is 3.40. The third-order valence-electron chi connectivity index (χ3n) is 2.31. The van der Waals surface area contributed by atoms with Crippen LogP contribution in [0, 0.1) is 11.3 Å². The van der Waals surface area contributed by atoms with Crippen LogP contribution in [0.4, 0.5) is 0 Å². The van der Waals surface area contributed by atoms with E-state index in [1.807, 2.05) is 6.07 Å². The molecule has 17 heavy (non-hydrogen) atoms. The molecule has 2 rings (SSSR count). The number of carbonyl (C=O) groups is 1. The number of carbonyl (C=O) groups excluding carboxylic acids is 1. The van der Waals surface area contributed by atoms with E-state index in [1.54, 1.807) is 18.2 Å². The number of halogens is 3. The summed E-state index contributed by atoms with van der Waals surface area (Å²) < 4.78 is -1.98. The van der Waals surface area contributed by atoms with Crippen LogP contribution in [-0.4, -0.2) is 14.6 Å². The summed E-state index contributed by atoms with van der Waals surface area (Å²) >= 11 is 16.6. The van der Waals surface area contributed by atoms with Crippen LogP contribution in [0.1, 0.15) is 15.9 Å². The number of rotatable bonds is 1. The van der Waals surface area contributed by atoms with Crippen LogP contribution < -0.4 is 0 Å². The van der Waals surface area contributed by atoms with Crippen molar-refractivity contribution in [1.29, 1.82) is 5.26 Å². The molecule has 6 heteroatoms. The van der Waals surface area contributed by atoms with Crippen LogP contribution in [0.25, 0.3) is 10.9 Å². The van der Waals surface area contributed by atoms with Gasteiger partial charge in [-0.2, -0.15) is 5.26 Å². The van der Waals surface area contributed by atoms with Crippen LogP contribution in [0.15, 0.2) is 24.4 Å². The largest absolute Gasteiger partial charge is 0.360 e. The van der Waals surface area contributed by atoms with Gasteiger partial charge in [0.25, 0.3) is 3.79 Å². The third kappa shape index (κ3) is 2.25. The first kappa shape index (κ1) is 12.3. The number of nitriles is 1. The highest BCUT2D eigenvalue weighted by molar-refractivity contribution is 6.77. The lowest BCUT2D eigenvalue weighted by atomic mass is 10.1. The molecular weight excluding hydrogens is 282 g/mol. The number of ketones is 1. The Balaban J connectivity index is 2.59. The molecule has 0 radical (unpaired) electrons. The summed E-state index contributed by atoms with van der Waals surface area (Å²) in [6, 6.07) is 6.88. The SMILES string of the molecule is N#Cc1ccc2c(C(=O)C(Cl)(Cl)Cl)c[nH]c2c1. The van der Waals surface area contributed by atoms with E-state index >= 15 is 0 Å². The molecule has 1 N–H and O–H groups in total. The topological polar surface area (TPSA) is 56.6 Å². The zero-order valence-electron chi connectivity index (χ0n) is 8.30. The van der Waals surface area contributed by atoms with Crippen molar-refractivity contribution in [1.82, 2.24) is 4.98 Å². The van der Waals surface area contributed by atoms with E-state index < -0.39 is 9.58 Å². The Hall–Kier alpha value is -1.21. The van der Waals surface area contributed by atoms with Crippen LogP contribution in [-0.2, 0) is 0 Å². The summed E-state index contributed by atoms with van der Waals surface area (Å²) in [5, 5.41) is 9.37. The van der Waals surface area contributed by atoms with E-state index in [4.69, 9.17) is 40.1 Å². The number of nitrogens with zero attached hydrogens (tertiary/aromatic N) is 1. The molecule has 0 fully saturated rings. The number of H-pyrrole nitrogens is 1. The predicted molar refractivity (Wildman–Crippen MR) is 67.6 cm³/mol. The molecule has 1 heterocycles. The minimum atomic E-state index is -1.98. The standard InChI is InChI=1S/C11H5Cl3N2O/c12-11(13,14)10(17)8-5-16-9-3-6(4-15)1-2-7(8)9/h1-3,5,16H. The quantitative estimate of drug-likeness (QED) is 0.643. The van der Waals surface area contributed by atoms with Crippen LogP contribution in [0.5, 0.6) is 0 Å². The van der Waals surface area contributed by atoms with Gasteiger partial charge in [-0.1, -0.05) is 40.9 Å². The first-order valence-corrected chi connectivity index (χ1v) is 5.69. The summed E-state index contributed by atoms with van der Waals surface area (Å²) in [4.78, 5) is 14.7. The van der Waals surface area contributed by atoms with Crippen molar-refractivity contribution in [2.75, 3.05) is 0 Å². The first-order chi connectivity index (χ1) is 7.93. The number of aromatic nitrogens is 1.